The minimum atomic E-state index is -0.656. The number of piperazine rings is 1. The number of aliphatic hydroxyl groups is 1. The summed E-state index contributed by atoms with van der Waals surface area (Å²) < 4.78 is 5.82. The third-order valence-electron chi connectivity index (χ3n) is 5.71. The van der Waals surface area contributed by atoms with E-state index in [2.05, 4.69) is 35.0 Å². The van der Waals surface area contributed by atoms with Gasteiger partial charge in [-0.25, -0.2) is 0 Å². The Morgan fingerprint density at radius 3 is 2.65 bits per heavy atom. The number of aliphatic hydroxyl groups excluding tert-OH is 1. The molecule has 0 radical (unpaired) electrons. The van der Waals surface area contributed by atoms with Crippen molar-refractivity contribution < 1.29 is 9.84 Å². The first kappa shape index (κ1) is 19.0. The number of nitrogens with zero attached hydrogens (tertiary/aromatic N) is 2. The zero-order valence-corrected chi connectivity index (χ0v) is 15.8. The second kappa shape index (κ2) is 8.29. The molecule has 4 atom stereocenters. The van der Waals surface area contributed by atoms with E-state index in [4.69, 9.17) is 16.2 Å². The highest BCUT2D eigenvalue weighted by molar-refractivity contribution is 5.31. The average Bonchev–Trinajstić information content (AvgIpc) is 3.13. The molecule has 0 bridgehead atoms. The van der Waals surface area contributed by atoms with Gasteiger partial charge >= 0.3 is 0 Å². The topological polar surface area (TPSA) is 88.0 Å². The molecule has 6 nitrogen and oxygen atoms in total. The molecule has 144 valence electrons. The van der Waals surface area contributed by atoms with Crippen LogP contribution in [-0.4, -0.2) is 65.9 Å². The number of rotatable bonds is 5. The maximum Gasteiger partial charge on any atom is 0.0987 e. The van der Waals surface area contributed by atoms with Crippen LogP contribution in [-0.2, 0) is 4.74 Å². The van der Waals surface area contributed by atoms with Crippen LogP contribution in [0.4, 0.5) is 0 Å². The molecule has 0 aromatic heterocycles. The molecule has 4 unspecified atom stereocenters. The molecule has 3 rings (SSSR count). The van der Waals surface area contributed by atoms with Gasteiger partial charge in [0, 0.05) is 50.4 Å². The van der Waals surface area contributed by atoms with Crippen molar-refractivity contribution in [1.29, 1.82) is 0 Å². The summed E-state index contributed by atoms with van der Waals surface area (Å²) in [4.78, 5) is 4.66. The zero-order valence-electron chi connectivity index (χ0n) is 15.8. The molecule has 2 aliphatic heterocycles. The monoisotopic (exact) mass is 360 g/mol. The van der Waals surface area contributed by atoms with Crippen molar-refractivity contribution in [3.63, 3.8) is 0 Å². The number of nitrogens with two attached hydrogens (primary N) is 2. The van der Waals surface area contributed by atoms with Crippen molar-refractivity contribution in [2.75, 3.05) is 32.8 Å². The van der Waals surface area contributed by atoms with Crippen LogP contribution in [0, 0.1) is 5.92 Å². The average molecular weight is 361 g/mol. The highest BCUT2D eigenvalue weighted by atomic mass is 16.5. The first-order valence-electron chi connectivity index (χ1n) is 9.57. The molecule has 5 N–H and O–H groups in total. The van der Waals surface area contributed by atoms with Crippen LogP contribution in [0.15, 0.2) is 47.5 Å². The van der Waals surface area contributed by atoms with E-state index in [1.165, 1.54) is 5.57 Å². The van der Waals surface area contributed by atoms with E-state index in [-0.39, 0.29) is 6.10 Å². The van der Waals surface area contributed by atoms with Crippen molar-refractivity contribution >= 4 is 0 Å². The van der Waals surface area contributed by atoms with Crippen LogP contribution in [0.2, 0.25) is 0 Å². The Bertz CT molecular complexity index is 615. The molecular formula is C20H32N4O2. The third-order valence-corrected chi connectivity index (χ3v) is 5.71. The Kier molecular flexibility index (Phi) is 6.06. The van der Waals surface area contributed by atoms with Gasteiger partial charge in [-0.15, -0.1) is 0 Å². The highest BCUT2D eigenvalue weighted by Gasteiger charge is 2.30. The Labute approximate surface area is 156 Å². The summed E-state index contributed by atoms with van der Waals surface area (Å²) in [6.07, 6.45) is 11.1. The Morgan fingerprint density at radius 1 is 1.23 bits per heavy atom. The fraction of sp³-hybridized carbons (Fsp3) is 0.600. The highest BCUT2D eigenvalue weighted by Crippen LogP contribution is 2.30. The first-order chi connectivity index (χ1) is 12.5. The van der Waals surface area contributed by atoms with Crippen molar-refractivity contribution in [3.8, 4) is 0 Å². The van der Waals surface area contributed by atoms with Crippen molar-refractivity contribution in [2.24, 2.45) is 17.4 Å². The number of hydrogen-bond acceptors (Lipinski definition) is 6. The van der Waals surface area contributed by atoms with E-state index in [1.54, 1.807) is 19.1 Å². The fourth-order valence-corrected chi connectivity index (χ4v) is 3.77. The molecule has 2 heterocycles. The van der Waals surface area contributed by atoms with Gasteiger partial charge in [0.2, 0.25) is 0 Å². The van der Waals surface area contributed by atoms with Gasteiger partial charge in [0.1, 0.15) is 0 Å². The first-order valence-corrected chi connectivity index (χ1v) is 9.57. The standard InChI is InChI=1S/C20H32N4O2/c1-14(17-4-3-16-7-12-26-19(16)13-17)23-8-10-24(11-9-23)20(22)6-5-18(21)15(2)25/h3-6,13-16,19,25H,7-12,21-22H2,1-2H3/b18-5-,20-6+. The number of ether oxygens (including phenoxy) is 1. The van der Waals surface area contributed by atoms with E-state index in [0.717, 1.165) is 39.2 Å². The molecule has 0 saturated carbocycles. The molecule has 1 aliphatic carbocycles. The number of hydrogen-bond donors (Lipinski definition) is 3. The number of allylic oxidation sites excluding steroid dienone is 2. The van der Waals surface area contributed by atoms with Gasteiger partial charge < -0.3 is 26.2 Å². The molecular weight excluding hydrogens is 328 g/mol. The normalized spacial score (nSPS) is 30.1. The molecule has 0 aromatic carbocycles. The molecule has 26 heavy (non-hydrogen) atoms. The smallest absolute Gasteiger partial charge is 0.0987 e. The van der Waals surface area contributed by atoms with Crippen LogP contribution in [0.25, 0.3) is 0 Å². The van der Waals surface area contributed by atoms with Gasteiger partial charge in [-0.3, -0.25) is 4.90 Å². The summed E-state index contributed by atoms with van der Waals surface area (Å²) in [5.74, 6) is 1.26. The van der Waals surface area contributed by atoms with Gasteiger partial charge in [-0.1, -0.05) is 18.2 Å². The minimum absolute atomic E-state index is 0.267. The molecule has 0 amide bonds. The predicted octanol–water partition coefficient (Wildman–Crippen LogP) is 0.917. The van der Waals surface area contributed by atoms with Gasteiger partial charge in [-0.2, -0.15) is 0 Å². The summed E-state index contributed by atoms with van der Waals surface area (Å²) in [5.41, 5.74) is 13.7. The molecule has 6 heteroatoms. The van der Waals surface area contributed by atoms with E-state index in [9.17, 15) is 5.11 Å². The lowest BCUT2D eigenvalue weighted by atomic mass is 9.90. The quantitative estimate of drug-likeness (QED) is 0.632. The van der Waals surface area contributed by atoms with E-state index in [0.29, 0.717) is 23.5 Å². The predicted molar refractivity (Wildman–Crippen MR) is 104 cm³/mol. The van der Waals surface area contributed by atoms with Crippen LogP contribution in [0.3, 0.4) is 0 Å². The van der Waals surface area contributed by atoms with Crippen molar-refractivity contribution in [2.45, 2.75) is 38.5 Å². The molecule has 3 aliphatic rings. The van der Waals surface area contributed by atoms with Crippen LogP contribution >= 0.6 is 0 Å². The SMILES string of the molecule is CC(O)/C(N)=C/C=C(\N)N1CCN(C(C)C2=CC3OCCC3C=C2)CC1. The van der Waals surface area contributed by atoms with Gasteiger partial charge in [-0.05, 0) is 38.0 Å². The van der Waals surface area contributed by atoms with E-state index >= 15 is 0 Å². The molecule has 0 aromatic rings. The summed E-state index contributed by atoms with van der Waals surface area (Å²) in [6.45, 7) is 8.48. The van der Waals surface area contributed by atoms with E-state index < -0.39 is 6.10 Å². The molecule has 2 fully saturated rings. The fourth-order valence-electron chi connectivity index (χ4n) is 3.77. The maximum absolute atomic E-state index is 9.42. The second-order valence-electron chi connectivity index (χ2n) is 7.45. The summed E-state index contributed by atoms with van der Waals surface area (Å²) >= 11 is 0. The van der Waals surface area contributed by atoms with Crippen LogP contribution < -0.4 is 11.5 Å². The van der Waals surface area contributed by atoms with Gasteiger partial charge in [0.05, 0.1) is 18.0 Å². The van der Waals surface area contributed by atoms with Crippen molar-refractivity contribution in [1.82, 2.24) is 9.80 Å². The number of fused-ring (bicyclic) bond motifs is 1. The van der Waals surface area contributed by atoms with Crippen molar-refractivity contribution in [3.05, 3.63) is 47.5 Å². The lowest BCUT2D eigenvalue weighted by molar-refractivity contribution is 0.124. The van der Waals surface area contributed by atoms with Gasteiger partial charge in [0.15, 0.2) is 0 Å². The summed E-state index contributed by atoms with van der Waals surface area (Å²) in [6, 6.07) is 0.384. The Morgan fingerprint density at radius 2 is 1.96 bits per heavy atom. The maximum atomic E-state index is 9.42. The lowest BCUT2D eigenvalue weighted by Crippen LogP contribution is -2.50. The van der Waals surface area contributed by atoms with Crippen LogP contribution in [0.1, 0.15) is 20.3 Å². The van der Waals surface area contributed by atoms with E-state index in [1.807, 2.05) is 0 Å². The third kappa shape index (κ3) is 4.31. The minimum Gasteiger partial charge on any atom is -0.400 e. The zero-order chi connectivity index (χ0) is 18.7. The Balaban J connectivity index is 1.54. The molecule has 2 saturated heterocycles. The summed E-state index contributed by atoms with van der Waals surface area (Å²) in [5, 5.41) is 9.42. The Hall–Kier alpha value is -1.76. The largest absolute Gasteiger partial charge is 0.400 e. The lowest BCUT2D eigenvalue weighted by Gasteiger charge is -2.40. The second-order valence-corrected chi connectivity index (χ2v) is 7.45. The summed E-state index contributed by atoms with van der Waals surface area (Å²) in [7, 11) is 0. The molecule has 0 spiro atoms. The van der Waals surface area contributed by atoms with Gasteiger partial charge in [0.25, 0.3) is 0 Å². The van der Waals surface area contributed by atoms with Crippen LogP contribution in [0.5, 0.6) is 0 Å².